The van der Waals surface area contributed by atoms with Gasteiger partial charge in [-0.05, 0) is 24.6 Å². The number of imidazole rings is 1. The third kappa shape index (κ3) is 3.51. The van der Waals surface area contributed by atoms with Crippen LogP contribution in [-0.2, 0) is 20.1 Å². The van der Waals surface area contributed by atoms with Gasteiger partial charge in [-0.15, -0.1) is 0 Å². The number of methoxy groups -OCH3 is 1. The predicted octanol–water partition coefficient (Wildman–Crippen LogP) is 2.47. The lowest BCUT2D eigenvalue weighted by atomic mass is 10.1. The molecule has 5 rings (SSSR count). The molecule has 0 saturated heterocycles. The Morgan fingerprint density at radius 2 is 1.94 bits per heavy atom. The first-order valence-corrected chi connectivity index (χ1v) is 11.1. The summed E-state index contributed by atoms with van der Waals surface area (Å²) in [5.41, 5.74) is 3.41. The molecular weight excluding hydrogens is 418 g/mol. The third-order valence-corrected chi connectivity index (χ3v) is 6.31. The molecule has 2 aromatic heterocycles. The lowest BCUT2D eigenvalue weighted by Gasteiger charge is -2.26. The van der Waals surface area contributed by atoms with Crippen LogP contribution in [0.4, 0.5) is 11.6 Å². The molecule has 0 unspecified atom stereocenters. The van der Waals surface area contributed by atoms with Crippen molar-refractivity contribution >= 4 is 22.8 Å². The summed E-state index contributed by atoms with van der Waals surface area (Å²) in [7, 11) is 3.35. The maximum Gasteiger partial charge on any atom is 0.364 e. The quantitative estimate of drug-likeness (QED) is 0.489. The number of fused-ring (bicyclic) bond motifs is 3. The van der Waals surface area contributed by atoms with E-state index in [9.17, 15) is 9.59 Å². The van der Waals surface area contributed by atoms with Crippen LogP contribution in [0.5, 0.6) is 5.75 Å². The van der Waals surface area contributed by atoms with E-state index in [0.29, 0.717) is 23.6 Å². The highest BCUT2D eigenvalue weighted by Gasteiger charge is 2.36. The number of aromatic amines is 1. The number of hydrogen-bond donors (Lipinski definition) is 1. The van der Waals surface area contributed by atoms with Gasteiger partial charge in [0.1, 0.15) is 11.4 Å². The molecule has 1 atom stereocenters. The minimum atomic E-state index is -0.339. The lowest BCUT2D eigenvalue weighted by molar-refractivity contribution is -0.669. The van der Waals surface area contributed by atoms with Gasteiger partial charge in [0.05, 0.1) is 26.7 Å². The van der Waals surface area contributed by atoms with E-state index in [-0.39, 0.29) is 17.8 Å². The van der Waals surface area contributed by atoms with Crippen molar-refractivity contribution in [2.24, 2.45) is 13.0 Å². The number of anilines is 2. The van der Waals surface area contributed by atoms with E-state index < -0.39 is 0 Å². The monoisotopic (exact) mass is 446 g/mol. The number of hydrogen-bond acceptors (Lipinski definition) is 4. The predicted molar refractivity (Wildman–Crippen MR) is 127 cm³/mol. The number of nitrogens with zero attached hydrogens (tertiary/aromatic N) is 4. The van der Waals surface area contributed by atoms with Crippen molar-refractivity contribution in [1.29, 1.82) is 0 Å². The fraction of sp³-hybridized carbons (Fsp3) is 0.320. The van der Waals surface area contributed by atoms with Crippen LogP contribution in [-0.4, -0.2) is 27.8 Å². The zero-order chi connectivity index (χ0) is 23.3. The summed E-state index contributed by atoms with van der Waals surface area (Å²) < 4.78 is 10.3. The summed E-state index contributed by atoms with van der Waals surface area (Å²) in [6, 6.07) is 15.7. The Kier molecular flexibility index (Phi) is 5.08. The van der Waals surface area contributed by atoms with Crippen molar-refractivity contribution < 1.29 is 9.30 Å². The van der Waals surface area contributed by atoms with E-state index in [4.69, 9.17) is 4.74 Å². The number of nitrogens with one attached hydrogen (secondary N) is 1. The molecule has 4 aromatic rings. The van der Waals surface area contributed by atoms with Crippen LogP contribution >= 0.6 is 0 Å². The lowest BCUT2D eigenvalue weighted by Crippen LogP contribution is -2.52. The number of rotatable bonds is 4. The Balaban J connectivity index is 1.71. The van der Waals surface area contributed by atoms with Crippen LogP contribution in [0.2, 0.25) is 0 Å². The third-order valence-electron chi connectivity index (χ3n) is 6.31. The van der Waals surface area contributed by atoms with Crippen molar-refractivity contribution in [3.63, 3.8) is 0 Å². The average Bonchev–Trinajstić information content (AvgIpc) is 3.19. The first kappa shape index (κ1) is 21.1. The minimum absolute atomic E-state index is 0.235. The Morgan fingerprint density at radius 1 is 1.15 bits per heavy atom. The molecule has 0 saturated carbocycles. The number of aromatic nitrogens is 4. The Labute approximate surface area is 191 Å². The Morgan fingerprint density at radius 3 is 2.70 bits per heavy atom. The zero-order valence-corrected chi connectivity index (χ0v) is 19.3. The summed E-state index contributed by atoms with van der Waals surface area (Å²) in [5, 5.41) is 0. The molecule has 3 heterocycles. The van der Waals surface area contributed by atoms with Crippen LogP contribution in [0.25, 0.3) is 11.2 Å². The van der Waals surface area contributed by atoms with E-state index in [0.717, 1.165) is 35.1 Å². The van der Waals surface area contributed by atoms with Crippen molar-refractivity contribution in [1.82, 2.24) is 14.1 Å². The van der Waals surface area contributed by atoms with Gasteiger partial charge in [-0.3, -0.25) is 13.9 Å². The summed E-state index contributed by atoms with van der Waals surface area (Å²) in [5.74, 6) is 1.85. The number of ether oxygens (including phenoxy) is 1. The molecular formula is C25H28N5O3+. The second-order valence-corrected chi connectivity index (χ2v) is 8.90. The fourth-order valence-electron chi connectivity index (χ4n) is 4.71. The number of aryl methyl sites for hydroxylation is 2. The number of H-pyrrole nitrogens is 1. The summed E-state index contributed by atoms with van der Waals surface area (Å²) in [4.78, 5) is 32.3. The summed E-state index contributed by atoms with van der Waals surface area (Å²) >= 11 is 0. The molecule has 2 aromatic carbocycles. The Bertz CT molecular complexity index is 1480. The van der Waals surface area contributed by atoms with Crippen molar-refractivity contribution in [2.45, 2.75) is 26.9 Å². The minimum Gasteiger partial charge on any atom is -0.497 e. The molecule has 0 bridgehead atoms. The molecule has 1 N–H and O–H groups in total. The van der Waals surface area contributed by atoms with Crippen molar-refractivity contribution in [2.75, 3.05) is 18.6 Å². The van der Waals surface area contributed by atoms with Crippen molar-refractivity contribution in [3.05, 3.63) is 80.5 Å². The van der Waals surface area contributed by atoms with E-state index in [1.54, 1.807) is 14.2 Å². The van der Waals surface area contributed by atoms with E-state index >= 15 is 0 Å². The molecule has 0 fully saturated rings. The van der Waals surface area contributed by atoms with Gasteiger partial charge in [-0.2, -0.15) is 0 Å². The van der Waals surface area contributed by atoms with Crippen LogP contribution in [0.3, 0.4) is 0 Å². The zero-order valence-electron chi connectivity index (χ0n) is 19.3. The first-order valence-electron chi connectivity index (χ1n) is 11.1. The largest absolute Gasteiger partial charge is 0.497 e. The van der Waals surface area contributed by atoms with E-state index in [1.165, 1.54) is 9.13 Å². The van der Waals surface area contributed by atoms with Crippen molar-refractivity contribution in [3.8, 4) is 5.75 Å². The highest BCUT2D eigenvalue weighted by Crippen LogP contribution is 2.30. The van der Waals surface area contributed by atoms with Gasteiger partial charge in [0.25, 0.3) is 5.56 Å². The van der Waals surface area contributed by atoms with Gasteiger partial charge in [0.2, 0.25) is 11.2 Å². The topological polar surface area (TPSA) is 76.1 Å². The normalized spacial score (nSPS) is 15.6. The maximum absolute atomic E-state index is 13.6. The van der Waals surface area contributed by atoms with Crippen LogP contribution in [0, 0.1) is 12.8 Å². The summed E-state index contributed by atoms with van der Waals surface area (Å²) in [6.07, 6.45) is 0. The molecule has 1 aliphatic rings. The van der Waals surface area contributed by atoms with Crippen LogP contribution in [0.15, 0.2) is 58.1 Å². The highest BCUT2D eigenvalue weighted by molar-refractivity contribution is 5.70. The van der Waals surface area contributed by atoms with Crippen LogP contribution in [0.1, 0.15) is 18.1 Å². The second kappa shape index (κ2) is 7.95. The smallest absolute Gasteiger partial charge is 0.364 e. The standard InChI is InChI=1S/C25H27N5O3/c1-16-7-5-8-18(11-16)15-30-23(31)21-22(27(3)25(30)32)26-24-28(13-17(2)14-29(21)24)19-9-6-10-20(12-19)33-4/h5-12,17H,13-15H2,1-4H3/p+1/t17-/m1/s1. The maximum atomic E-state index is 13.6. The van der Waals surface area contributed by atoms with Gasteiger partial charge in [-0.25, -0.2) is 19.2 Å². The highest BCUT2D eigenvalue weighted by atomic mass is 16.5. The van der Waals surface area contributed by atoms with Gasteiger partial charge < -0.3 is 4.74 Å². The molecule has 33 heavy (non-hydrogen) atoms. The molecule has 0 spiro atoms. The van der Waals surface area contributed by atoms with Gasteiger partial charge in [-0.1, -0.05) is 42.8 Å². The molecule has 0 radical (unpaired) electrons. The molecule has 8 nitrogen and oxygen atoms in total. The molecule has 170 valence electrons. The first-order chi connectivity index (χ1) is 15.9. The Hall–Kier alpha value is -3.81. The van der Waals surface area contributed by atoms with Crippen LogP contribution < -0.4 is 25.5 Å². The van der Waals surface area contributed by atoms with E-state index in [1.807, 2.05) is 60.0 Å². The second-order valence-electron chi connectivity index (χ2n) is 8.90. The van der Waals surface area contributed by atoms with E-state index in [2.05, 4.69) is 16.8 Å². The molecule has 1 aliphatic heterocycles. The molecule has 0 aliphatic carbocycles. The average molecular weight is 447 g/mol. The molecule has 0 amide bonds. The summed E-state index contributed by atoms with van der Waals surface area (Å²) in [6.45, 7) is 5.87. The fourth-order valence-corrected chi connectivity index (χ4v) is 4.71. The van der Waals surface area contributed by atoms with Gasteiger partial charge in [0.15, 0.2) is 0 Å². The molecule has 8 heteroatoms. The SMILES string of the molecule is COc1cccc(N2C[C@@H](C)C[n+]3c2[nH]c2c3c(=O)n(Cc3cccc(C)c3)c(=O)n2C)c1. The van der Waals surface area contributed by atoms with Gasteiger partial charge >= 0.3 is 11.6 Å². The van der Waals surface area contributed by atoms with Gasteiger partial charge in [0, 0.05) is 19.0 Å². The number of benzene rings is 2.